The van der Waals surface area contributed by atoms with Crippen molar-refractivity contribution in [1.29, 1.82) is 0 Å². The average Bonchev–Trinajstić information content (AvgIpc) is 2.73. The molecule has 144 valence electrons. The number of anilines is 1. The molecule has 1 atom stereocenters. The normalized spacial score (nSPS) is 17.0. The van der Waals surface area contributed by atoms with Gasteiger partial charge in [0.05, 0.1) is 23.5 Å². The number of carbonyl (C=O) groups is 1. The van der Waals surface area contributed by atoms with E-state index < -0.39 is 0 Å². The van der Waals surface area contributed by atoms with Crippen LogP contribution in [-0.2, 0) is 11.3 Å². The van der Waals surface area contributed by atoms with Crippen LogP contribution in [0.25, 0.3) is 10.9 Å². The van der Waals surface area contributed by atoms with Gasteiger partial charge in [0.1, 0.15) is 0 Å². The number of piperidine rings is 1. The van der Waals surface area contributed by atoms with Gasteiger partial charge in [0.15, 0.2) is 0 Å². The van der Waals surface area contributed by atoms with Gasteiger partial charge in [-0.05, 0) is 42.7 Å². The van der Waals surface area contributed by atoms with E-state index in [1.807, 2.05) is 59.5 Å². The molecule has 28 heavy (non-hydrogen) atoms. The summed E-state index contributed by atoms with van der Waals surface area (Å²) >= 11 is 0. The lowest BCUT2D eigenvalue weighted by Gasteiger charge is -2.33. The number of ether oxygens (including phenoxy) is 1. The molecule has 5 nitrogen and oxygen atoms in total. The molecule has 5 heteroatoms. The Kier molecular flexibility index (Phi) is 5.26. The Morgan fingerprint density at radius 1 is 1.21 bits per heavy atom. The Morgan fingerprint density at radius 2 is 2.00 bits per heavy atom. The molecule has 1 aliphatic heterocycles. The molecule has 3 aromatic rings. The van der Waals surface area contributed by atoms with E-state index in [1.54, 1.807) is 7.11 Å². The Morgan fingerprint density at radius 3 is 2.79 bits per heavy atom. The maximum absolute atomic E-state index is 13.0. The molecule has 0 radical (unpaired) electrons. The van der Waals surface area contributed by atoms with Crippen molar-refractivity contribution >= 4 is 22.5 Å². The summed E-state index contributed by atoms with van der Waals surface area (Å²) in [6, 6.07) is 17.6. The van der Waals surface area contributed by atoms with Crippen LogP contribution in [0.15, 0.2) is 54.6 Å². The number of nitrogens with zero attached hydrogens (tertiary/aromatic N) is 2. The van der Waals surface area contributed by atoms with Crippen molar-refractivity contribution < 1.29 is 9.53 Å². The van der Waals surface area contributed by atoms with E-state index in [2.05, 4.69) is 0 Å². The van der Waals surface area contributed by atoms with Gasteiger partial charge in [0, 0.05) is 37.1 Å². The van der Waals surface area contributed by atoms with Crippen LogP contribution in [-0.4, -0.2) is 36.0 Å². The highest BCUT2D eigenvalue weighted by molar-refractivity contribution is 5.94. The number of aromatic nitrogens is 1. The summed E-state index contributed by atoms with van der Waals surface area (Å²) in [5.41, 5.74) is 10.7. The summed E-state index contributed by atoms with van der Waals surface area (Å²) in [6.07, 6.45) is 1.94. The van der Waals surface area contributed by atoms with Crippen molar-refractivity contribution in [3.05, 3.63) is 71.4 Å². The standard InChI is InChI=1S/C23H25N3O2/c1-28-15-16-8-10-17(11-9-16)23(27)26-12-4-6-19(14-26)22-20(24)13-18-5-2-3-7-21(18)25-22/h2-3,5,7-11,13,19H,4,6,12,14-15,24H2,1H3/t19-/m1/s1. The first kappa shape index (κ1) is 18.4. The number of likely N-dealkylation sites (tertiary alicyclic amines) is 1. The molecule has 0 saturated carbocycles. The molecule has 2 N–H and O–H groups in total. The second-order valence-electron chi connectivity index (χ2n) is 7.38. The molecule has 1 amide bonds. The van der Waals surface area contributed by atoms with E-state index in [4.69, 9.17) is 15.5 Å². The van der Waals surface area contributed by atoms with Crippen LogP contribution < -0.4 is 5.73 Å². The molecule has 1 aromatic heterocycles. The molecule has 1 fully saturated rings. The van der Waals surface area contributed by atoms with E-state index in [-0.39, 0.29) is 11.8 Å². The average molecular weight is 375 g/mol. The number of carbonyl (C=O) groups excluding carboxylic acids is 1. The number of pyridine rings is 1. The Labute approximate surface area is 165 Å². The molecule has 2 heterocycles. The third-order valence-corrected chi connectivity index (χ3v) is 5.39. The number of methoxy groups -OCH3 is 1. The van der Waals surface area contributed by atoms with Crippen molar-refractivity contribution in [2.24, 2.45) is 0 Å². The Balaban J connectivity index is 1.54. The summed E-state index contributed by atoms with van der Waals surface area (Å²) < 4.78 is 5.14. The van der Waals surface area contributed by atoms with Crippen LogP contribution in [0.3, 0.4) is 0 Å². The highest BCUT2D eigenvalue weighted by Gasteiger charge is 2.27. The minimum Gasteiger partial charge on any atom is -0.397 e. The van der Waals surface area contributed by atoms with Crippen LogP contribution >= 0.6 is 0 Å². The quantitative estimate of drug-likeness (QED) is 0.749. The number of rotatable bonds is 4. The maximum Gasteiger partial charge on any atom is 0.253 e. The zero-order valence-corrected chi connectivity index (χ0v) is 16.1. The smallest absolute Gasteiger partial charge is 0.253 e. The zero-order valence-electron chi connectivity index (χ0n) is 16.1. The van der Waals surface area contributed by atoms with Crippen molar-refractivity contribution in [1.82, 2.24) is 9.88 Å². The fraction of sp³-hybridized carbons (Fsp3) is 0.304. The van der Waals surface area contributed by atoms with E-state index >= 15 is 0 Å². The molecule has 0 bridgehead atoms. The van der Waals surface area contributed by atoms with Gasteiger partial charge in [-0.2, -0.15) is 0 Å². The summed E-state index contributed by atoms with van der Waals surface area (Å²) in [5, 5.41) is 1.05. The van der Waals surface area contributed by atoms with Crippen LogP contribution in [0.1, 0.15) is 40.4 Å². The maximum atomic E-state index is 13.0. The number of fused-ring (bicyclic) bond motifs is 1. The number of hydrogen-bond donors (Lipinski definition) is 1. The summed E-state index contributed by atoms with van der Waals surface area (Å²) in [7, 11) is 1.67. The minimum absolute atomic E-state index is 0.0630. The van der Waals surface area contributed by atoms with Gasteiger partial charge < -0.3 is 15.4 Å². The van der Waals surface area contributed by atoms with Crippen LogP contribution in [0.2, 0.25) is 0 Å². The second-order valence-corrected chi connectivity index (χ2v) is 7.38. The van der Waals surface area contributed by atoms with Gasteiger partial charge in [0.25, 0.3) is 5.91 Å². The Bertz CT molecular complexity index is 985. The number of amides is 1. The van der Waals surface area contributed by atoms with Gasteiger partial charge in [-0.25, -0.2) is 0 Å². The first-order chi connectivity index (χ1) is 13.7. The van der Waals surface area contributed by atoms with Crippen molar-refractivity contribution in [3.8, 4) is 0 Å². The summed E-state index contributed by atoms with van der Waals surface area (Å²) in [6.45, 7) is 1.96. The minimum atomic E-state index is 0.0630. The van der Waals surface area contributed by atoms with Crippen molar-refractivity contribution in [3.63, 3.8) is 0 Å². The van der Waals surface area contributed by atoms with E-state index in [0.717, 1.165) is 41.5 Å². The van der Waals surface area contributed by atoms with Gasteiger partial charge in [-0.1, -0.05) is 30.3 Å². The number of hydrogen-bond acceptors (Lipinski definition) is 4. The monoisotopic (exact) mass is 375 g/mol. The number of nitrogen functional groups attached to an aromatic ring is 1. The van der Waals surface area contributed by atoms with Crippen LogP contribution in [0.5, 0.6) is 0 Å². The molecule has 1 saturated heterocycles. The van der Waals surface area contributed by atoms with E-state index in [0.29, 0.717) is 24.4 Å². The molecular formula is C23H25N3O2. The van der Waals surface area contributed by atoms with Crippen LogP contribution in [0, 0.1) is 0 Å². The molecule has 0 aliphatic carbocycles. The van der Waals surface area contributed by atoms with Crippen molar-refractivity contribution in [2.45, 2.75) is 25.4 Å². The molecule has 2 aromatic carbocycles. The highest BCUT2D eigenvalue weighted by atomic mass is 16.5. The molecule has 4 rings (SSSR count). The Hall–Kier alpha value is -2.92. The number of para-hydroxylation sites is 1. The van der Waals surface area contributed by atoms with Gasteiger partial charge >= 0.3 is 0 Å². The molecule has 0 unspecified atom stereocenters. The van der Waals surface area contributed by atoms with Gasteiger partial charge in [-0.15, -0.1) is 0 Å². The lowest BCUT2D eigenvalue weighted by Crippen LogP contribution is -2.39. The van der Waals surface area contributed by atoms with Crippen LogP contribution in [0.4, 0.5) is 5.69 Å². The predicted molar refractivity (Wildman–Crippen MR) is 111 cm³/mol. The first-order valence-electron chi connectivity index (χ1n) is 9.68. The number of nitrogens with two attached hydrogens (primary N) is 1. The van der Waals surface area contributed by atoms with E-state index in [9.17, 15) is 4.79 Å². The lowest BCUT2D eigenvalue weighted by atomic mass is 9.92. The van der Waals surface area contributed by atoms with E-state index in [1.165, 1.54) is 0 Å². The predicted octanol–water partition coefficient (Wildman–Crippen LogP) is 3.98. The molecule has 0 spiro atoms. The summed E-state index contributed by atoms with van der Waals surface area (Å²) in [4.78, 5) is 19.7. The number of benzene rings is 2. The lowest BCUT2D eigenvalue weighted by molar-refractivity contribution is 0.0706. The summed E-state index contributed by atoms with van der Waals surface area (Å²) in [5.74, 6) is 0.225. The third kappa shape index (κ3) is 3.71. The SMILES string of the molecule is COCc1ccc(C(=O)N2CCC[C@@H](c3nc4ccccc4cc3N)C2)cc1. The fourth-order valence-electron chi connectivity index (χ4n) is 3.95. The van der Waals surface area contributed by atoms with Crippen molar-refractivity contribution in [2.75, 3.05) is 25.9 Å². The molecular weight excluding hydrogens is 350 g/mol. The fourth-order valence-corrected chi connectivity index (χ4v) is 3.95. The first-order valence-corrected chi connectivity index (χ1v) is 9.68. The van der Waals surface area contributed by atoms with Gasteiger partial charge in [-0.3, -0.25) is 9.78 Å². The topological polar surface area (TPSA) is 68.5 Å². The zero-order chi connectivity index (χ0) is 19.5. The third-order valence-electron chi connectivity index (χ3n) is 5.39. The highest BCUT2D eigenvalue weighted by Crippen LogP contribution is 2.31. The molecule has 1 aliphatic rings. The van der Waals surface area contributed by atoms with Gasteiger partial charge in [0.2, 0.25) is 0 Å². The largest absolute Gasteiger partial charge is 0.397 e. The second kappa shape index (κ2) is 7.98.